The summed E-state index contributed by atoms with van der Waals surface area (Å²) in [5.74, 6) is 0. The predicted octanol–water partition coefficient (Wildman–Crippen LogP) is 0.256. The largest absolute Gasteiger partial charge is 0.344 e. The van der Waals surface area contributed by atoms with E-state index in [0.717, 1.165) is 36.3 Å². The van der Waals surface area contributed by atoms with E-state index in [2.05, 4.69) is 20.4 Å². The summed E-state index contributed by atoms with van der Waals surface area (Å²) in [4.78, 5) is 2.28. The number of anilines is 1. The average Bonchev–Trinajstić information content (AvgIpc) is 2.54. The zero-order chi connectivity index (χ0) is 8.39. The highest BCUT2D eigenvalue weighted by Crippen LogP contribution is 2.19. The molecule has 2 rings (SSSR count). The van der Waals surface area contributed by atoms with Gasteiger partial charge in [0.1, 0.15) is 5.01 Å². The molecule has 0 bridgehead atoms. The van der Waals surface area contributed by atoms with Gasteiger partial charge in [-0.25, -0.2) is 0 Å². The highest BCUT2D eigenvalue weighted by molar-refractivity contribution is 7.15. The van der Waals surface area contributed by atoms with Gasteiger partial charge in [0, 0.05) is 26.2 Å². The zero-order valence-electron chi connectivity index (χ0n) is 7.08. The third kappa shape index (κ3) is 1.56. The van der Waals surface area contributed by atoms with Crippen LogP contribution < -0.4 is 10.2 Å². The van der Waals surface area contributed by atoms with Crippen molar-refractivity contribution in [1.82, 2.24) is 15.5 Å². The van der Waals surface area contributed by atoms with E-state index in [1.165, 1.54) is 0 Å². The van der Waals surface area contributed by atoms with E-state index < -0.39 is 0 Å². The third-order valence-corrected chi connectivity index (χ3v) is 2.80. The van der Waals surface area contributed by atoms with Crippen molar-refractivity contribution in [1.29, 1.82) is 0 Å². The minimum Gasteiger partial charge on any atom is -0.344 e. The fraction of sp³-hybridized carbons (Fsp3) is 0.714. The summed E-state index contributed by atoms with van der Waals surface area (Å²) < 4.78 is 0. The van der Waals surface area contributed by atoms with E-state index in [4.69, 9.17) is 0 Å². The molecule has 1 saturated heterocycles. The second kappa shape index (κ2) is 3.37. The molecule has 4 nitrogen and oxygen atoms in total. The van der Waals surface area contributed by atoms with Crippen LogP contribution in [0.5, 0.6) is 0 Å². The van der Waals surface area contributed by atoms with Crippen LogP contribution in [0.25, 0.3) is 0 Å². The van der Waals surface area contributed by atoms with Crippen LogP contribution >= 0.6 is 11.3 Å². The molecule has 1 N–H and O–H groups in total. The van der Waals surface area contributed by atoms with E-state index in [1.54, 1.807) is 11.3 Å². The maximum atomic E-state index is 4.11. The van der Waals surface area contributed by atoms with Gasteiger partial charge in [-0.05, 0) is 6.92 Å². The number of hydrogen-bond donors (Lipinski definition) is 1. The molecule has 2 heterocycles. The summed E-state index contributed by atoms with van der Waals surface area (Å²) in [5.41, 5.74) is 0. The van der Waals surface area contributed by atoms with Gasteiger partial charge in [-0.3, -0.25) is 0 Å². The Balaban J connectivity index is 2.08. The van der Waals surface area contributed by atoms with Gasteiger partial charge in [-0.2, -0.15) is 0 Å². The zero-order valence-corrected chi connectivity index (χ0v) is 7.89. The minimum absolute atomic E-state index is 1.04. The molecule has 1 aromatic heterocycles. The van der Waals surface area contributed by atoms with Crippen LogP contribution in [0.2, 0.25) is 0 Å². The molecule has 1 fully saturated rings. The summed E-state index contributed by atoms with van der Waals surface area (Å²) in [7, 11) is 0. The molecule has 66 valence electrons. The second-order valence-corrected chi connectivity index (χ2v) is 4.00. The molecule has 0 aromatic carbocycles. The molecule has 1 aliphatic heterocycles. The van der Waals surface area contributed by atoms with Gasteiger partial charge in [0.15, 0.2) is 0 Å². The van der Waals surface area contributed by atoms with E-state index in [9.17, 15) is 0 Å². The van der Waals surface area contributed by atoms with Crippen LogP contribution in [0, 0.1) is 6.92 Å². The van der Waals surface area contributed by atoms with E-state index >= 15 is 0 Å². The van der Waals surface area contributed by atoms with Crippen molar-refractivity contribution in [3.05, 3.63) is 5.01 Å². The molecular weight excluding hydrogens is 172 g/mol. The summed E-state index contributed by atoms with van der Waals surface area (Å²) in [6.07, 6.45) is 0. The van der Waals surface area contributed by atoms with Gasteiger partial charge in [0.2, 0.25) is 5.13 Å². The second-order valence-electron chi connectivity index (χ2n) is 2.84. The predicted molar refractivity (Wildman–Crippen MR) is 49.7 cm³/mol. The summed E-state index contributed by atoms with van der Waals surface area (Å²) in [5, 5.41) is 13.5. The molecule has 0 radical (unpaired) electrons. The van der Waals surface area contributed by atoms with Crippen LogP contribution in [0.3, 0.4) is 0 Å². The first-order chi connectivity index (χ1) is 5.86. The van der Waals surface area contributed by atoms with E-state index in [0.29, 0.717) is 0 Å². The number of rotatable bonds is 1. The lowest BCUT2D eigenvalue weighted by molar-refractivity contribution is 0.587. The molecule has 1 aromatic rings. The molecule has 1 aliphatic rings. The van der Waals surface area contributed by atoms with E-state index in [1.807, 2.05) is 6.92 Å². The average molecular weight is 184 g/mol. The molecule has 0 unspecified atom stereocenters. The van der Waals surface area contributed by atoms with Crippen molar-refractivity contribution >= 4 is 16.5 Å². The van der Waals surface area contributed by atoms with E-state index in [-0.39, 0.29) is 0 Å². The number of nitrogens with one attached hydrogen (secondary N) is 1. The monoisotopic (exact) mass is 184 g/mol. The standard InChI is InChI=1S/C7H12N4S/c1-6-9-10-7(12-6)11-4-2-8-3-5-11/h8H,2-5H2,1H3. The lowest BCUT2D eigenvalue weighted by Crippen LogP contribution is -2.43. The Hall–Kier alpha value is -0.680. The Morgan fingerprint density at radius 1 is 1.33 bits per heavy atom. The Morgan fingerprint density at radius 2 is 2.08 bits per heavy atom. The number of piperazine rings is 1. The number of hydrogen-bond acceptors (Lipinski definition) is 5. The van der Waals surface area contributed by atoms with Gasteiger partial charge in [0.25, 0.3) is 0 Å². The van der Waals surface area contributed by atoms with Gasteiger partial charge in [-0.1, -0.05) is 11.3 Å². The Kier molecular flexibility index (Phi) is 2.23. The fourth-order valence-corrected chi connectivity index (χ4v) is 2.01. The molecule has 0 atom stereocenters. The quantitative estimate of drug-likeness (QED) is 0.679. The Labute approximate surface area is 75.6 Å². The molecule has 0 amide bonds. The van der Waals surface area contributed by atoms with Gasteiger partial charge >= 0.3 is 0 Å². The normalized spacial score (nSPS) is 18.2. The lowest BCUT2D eigenvalue weighted by atomic mass is 10.4. The van der Waals surface area contributed by atoms with Crippen LogP contribution in [0.4, 0.5) is 5.13 Å². The van der Waals surface area contributed by atoms with Crippen LogP contribution in [0.1, 0.15) is 5.01 Å². The molecule has 0 spiro atoms. The maximum Gasteiger partial charge on any atom is 0.208 e. The lowest BCUT2D eigenvalue weighted by Gasteiger charge is -2.26. The molecular formula is C7H12N4S. The van der Waals surface area contributed by atoms with Gasteiger partial charge in [0.05, 0.1) is 0 Å². The van der Waals surface area contributed by atoms with Crippen molar-refractivity contribution in [2.75, 3.05) is 31.1 Å². The van der Waals surface area contributed by atoms with Gasteiger partial charge in [-0.15, -0.1) is 10.2 Å². The molecule has 0 saturated carbocycles. The van der Waals surface area contributed by atoms with Crippen LogP contribution in [-0.2, 0) is 0 Å². The summed E-state index contributed by atoms with van der Waals surface area (Å²) in [6, 6.07) is 0. The third-order valence-electron chi connectivity index (χ3n) is 1.90. The highest BCUT2D eigenvalue weighted by Gasteiger charge is 2.13. The fourth-order valence-electron chi connectivity index (χ4n) is 1.27. The molecule has 12 heavy (non-hydrogen) atoms. The summed E-state index contributed by atoms with van der Waals surface area (Å²) >= 11 is 1.67. The first-order valence-corrected chi connectivity index (χ1v) is 4.94. The topological polar surface area (TPSA) is 41.1 Å². The van der Waals surface area contributed by atoms with Gasteiger partial charge < -0.3 is 10.2 Å². The first-order valence-electron chi connectivity index (χ1n) is 4.12. The molecule has 0 aliphatic carbocycles. The highest BCUT2D eigenvalue weighted by atomic mass is 32.1. The van der Waals surface area contributed by atoms with Crippen molar-refractivity contribution in [3.63, 3.8) is 0 Å². The van der Waals surface area contributed by atoms with Crippen LogP contribution in [-0.4, -0.2) is 36.4 Å². The number of aryl methyl sites for hydroxylation is 1. The van der Waals surface area contributed by atoms with Crippen LogP contribution in [0.15, 0.2) is 0 Å². The number of nitrogens with zero attached hydrogens (tertiary/aromatic N) is 3. The number of aromatic nitrogens is 2. The first kappa shape index (κ1) is 7.94. The SMILES string of the molecule is Cc1nnc(N2CCNCC2)s1. The smallest absolute Gasteiger partial charge is 0.208 e. The van der Waals surface area contributed by atoms with Crippen molar-refractivity contribution in [2.45, 2.75) is 6.92 Å². The Bertz CT molecular complexity index is 254. The van der Waals surface area contributed by atoms with Crippen molar-refractivity contribution in [3.8, 4) is 0 Å². The molecule has 5 heteroatoms. The maximum absolute atomic E-state index is 4.11. The van der Waals surface area contributed by atoms with Crippen molar-refractivity contribution in [2.24, 2.45) is 0 Å². The van der Waals surface area contributed by atoms with Crippen molar-refractivity contribution < 1.29 is 0 Å². The Morgan fingerprint density at radius 3 is 2.67 bits per heavy atom. The minimum atomic E-state index is 1.04. The summed E-state index contributed by atoms with van der Waals surface area (Å²) in [6.45, 7) is 6.20.